The number of benzene rings is 1. The summed E-state index contributed by atoms with van der Waals surface area (Å²) in [5, 5.41) is 9.97. The standard InChI is InChI=1S/C16H21N5O/c1-4-6-13(5-2)18-16(22)19-14-9-7-12(8-10-14)15-17-11-21(3)20-15/h4,7-11,13H,1,5-6H2,2-3H3,(H2,18,19,22)/t13-/m1/s1. The van der Waals surface area contributed by atoms with Gasteiger partial charge in [0.2, 0.25) is 0 Å². The lowest BCUT2D eigenvalue weighted by Gasteiger charge is -2.15. The van der Waals surface area contributed by atoms with Gasteiger partial charge < -0.3 is 10.6 Å². The number of nitrogens with one attached hydrogen (secondary N) is 2. The predicted octanol–water partition coefficient (Wildman–Crippen LogP) is 2.96. The maximum Gasteiger partial charge on any atom is 0.319 e. The summed E-state index contributed by atoms with van der Waals surface area (Å²) >= 11 is 0. The Balaban J connectivity index is 1.96. The number of hydrogen-bond donors (Lipinski definition) is 2. The van der Waals surface area contributed by atoms with Crippen molar-refractivity contribution in [3.05, 3.63) is 43.2 Å². The number of nitrogens with zero attached hydrogens (tertiary/aromatic N) is 3. The molecule has 2 N–H and O–H groups in total. The smallest absolute Gasteiger partial charge is 0.319 e. The molecule has 0 fully saturated rings. The molecule has 0 aliphatic heterocycles. The second-order valence-electron chi connectivity index (χ2n) is 5.05. The van der Waals surface area contributed by atoms with Crippen LogP contribution in [-0.4, -0.2) is 26.8 Å². The molecule has 0 aliphatic rings. The van der Waals surface area contributed by atoms with E-state index in [0.717, 1.165) is 24.1 Å². The third-order valence-corrected chi connectivity index (χ3v) is 3.28. The fraction of sp³-hybridized carbons (Fsp3) is 0.312. The summed E-state index contributed by atoms with van der Waals surface area (Å²) in [6.45, 7) is 5.73. The van der Waals surface area contributed by atoms with Crippen molar-refractivity contribution >= 4 is 11.7 Å². The highest BCUT2D eigenvalue weighted by Gasteiger charge is 2.09. The van der Waals surface area contributed by atoms with Crippen LogP contribution in [0.3, 0.4) is 0 Å². The van der Waals surface area contributed by atoms with E-state index in [-0.39, 0.29) is 12.1 Å². The van der Waals surface area contributed by atoms with E-state index in [2.05, 4.69) is 27.3 Å². The van der Waals surface area contributed by atoms with Gasteiger partial charge in [0.15, 0.2) is 5.82 Å². The van der Waals surface area contributed by atoms with Gasteiger partial charge in [0, 0.05) is 24.3 Å². The normalized spacial score (nSPS) is 11.7. The van der Waals surface area contributed by atoms with E-state index < -0.39 is 0 Å². The zero-order valence-electron chi connectivity index (χ0n) is 12.9. The van der Waals surface area contributed by atoms with Crippen LogP contribution in [0.4, 0.5) is 10.5 Å². The lowest BCUT2D eigenvalue weighted by atomic mass is 10.1. The number of urea groups is 1. The van der Waals surface area contributed by atoms with Crippen molar-refractivity contribution in [1.82, 2.24) is 20.1 Å². The highest BCUT2D eigenvalue weighted by molar-refractivity contribution is 5.89. The molecule has 0 aliphatic carbocycles. The van der Waals surface area contributed by atoms with Crippen molar-refractivity contribution in [2.75, 3.05) is 5.32 Å². The third-order valence-electron chi connectivity index (χ3n) is 3.28. The van der Waals surface area contributed by atoms with Gasteiger partial charge in [-0.25, -0.2) is 9.78 Å². The molecule has 1 aromatic heterocycles. The number of aromatic nitrogens is 3. The molecule has 0 saturated heterocycles. The maximum absolute atomic E-state index is 11.9. The van der Waals surface area contributed by atoms with Gasteiger partial charge in [-0.15, -0.1) is 6.58 Å². The summed E-state index contributed by atoms with van der Waals surface area (Å²) in [5.74, 6) is 0.663. The molecular weight excluding hydrogens is 278 g/mol. The Morgan fingerprint density at radius 1 is 1.41 bits per heavy atom. The highest BCUT2D eigenvalue weighted by Crippen LogP contribution is 2.17. The highest BCUT2D eigenvalue weighted by atomic mass is 16.2. The molecular formula is C16H21N5O. The van der Waals surface area contributed by atoms with Crippen LogP contribution in [0, 0.1) is 0 Å². The Hall–Kier alpha value is -2.63. The number of carbonyl (C=O) groups excluding carboxylic acids is 1. The van der Waals surface area contributed by atoms with Crippen LogP contribution in [0.1, 0.15) is 19.8 Å². The Labute approximate surface area is 130 Å². The van der Waals surface area contributed by atoms with E-state index in [1.807, 2.05) is 44.3 Å². The SMILES string of the molecule is C=CC[C@@H](CC)NC(=O)Nc1ccc(-c2ncn(C)n2)cc1. The first-order chi connectivity index (χ1) is 10.6. The van der Waals surface area contributed by atoms with Gasteiger partial charge in [0.25, 0.3) is 0 Å². The molecule has 2 aromatic rings. The van der Waals surface area contributed by atoms with E-state index in [9.17, 15) is 4.79 Å². The first kappa shape index (κ1) is 15.8. The molecule has 0 radical (unpaired) electrons. The number of amides is 2. The third kappa shape index (κ3) is 4.18. The van der Waals surface area contributed by atoms with E-state index in [4.69, 9.17) is 0 Å². The van der Waals surface area contributed by atoms with Crippen LogP contribution in [-0.2, 0) is 7.05 Å². The Morgan fingerprint density at radius 3 is 2.68 bits per heavy atom. The van der Waals surface area contributed by atoms with Gasteiger partial charge in [-0.2, -0.15) is 5.10 Å². The lowest BCUT2D eigenvalue weighted by molar-refractivity contribution is 0.248. The van der Waals surface area contributed by atoms with Crippen LogP contribution in [0.15, 0.2) is 43.2 Å². The topological polar surface area (TPSA) is 71.8 Å². The van der Waals surface area contributed by atoms with Crippen LogP contribution in [0.5, 0.6) is 0 Å². The number of rotatable bonds is 6. The number of carbonyl (C=O) groups is 1. The number of aryl methyl sites for hydroxylation is 1. The molecule has 116 valence electrons. The quantitative estimate of drug-likeness (QED) is 0.806. The molecule has 0 unspecified atom stereocenters. The van der Waals surface area contributed by atoms with Crippen molar-refractivity contribution in [3.8, 4) is 11.4 Å². The minimum absolute atomic E-state index is 0.106. The summed E-state index contributed by atoms with van der Waals surface area (Å²) in [5.41, 5.74) is 1.63. The molecule has 1 heterocycles. The summed E-state index contributed by atoms with van der Waals surface area (Å²) in [4.78, 5) is 16.1. The van der Waals surface area contributed by atoms with Crippen molar-refractivity contribution in [3.63, 3.8) is 0 Å². The van der Waals surface area contributed by atoms with Gasteiger partial charge in [0.05, 0.1) is 0 Å². The van der Waals surface area contributed by atoms with E-state index in [1.165, 1.54) is 0 Å². The average Bonchev–Trinajstić information content (AvgIpc) is 2.94. The van der Waals surface area contributed by atoms with Gasteiger partial charge >= 0.3 is 6.03 Å². The summed E-state index contributed by atoms with van der Waals surface area (Å²) in [7, 11) is 1.82. The Morgan fingerprint density at radius 2 is 2.14 bits per heavy atom. The minimum atomic E-state index is -0.211. The molecule has 6 heteroatoms. The van der Waals surface area contributed by atoms with E-state index in [0.29, 0.717) is 5.82 Å². The largest absolute Gasteiger partial charge is 0.335 e. The summed E-state index contributed by atoms with van der Waals surface area (Å²) in [6.07, 6.45) is 5.08. The minimum Gasteiger partial charge on any atom is -0.335 e. The Kier molecular flexibility index (Phi) is 5.30. The molecule has 0 spiro atoms. The zero-order valence-corrected chi connectivity index (χ0v) is 12.9. The van der Waals surface area contributed by atoms with Crippen molar-refractivity contribution < 1.29 is 4.79 Å². The van der Waals surface area contributed by atoms with Crippen LogP contribution in [0.2, 0.25) is 0 Å². The molecule has 0 bridgehead atoms. The molecule has 2 amide bonds. The van der Waals surface area contributed by atoms with Gasteiger partial charge in [-0.1, -0.05) is 13.0 Å². The fourth-order valence-electron chi connectivity index (χ4n) is 2.06. The molecule has 6 nitrogen and oxygen atoms in total. The predicted molar refractivity (Wildman–Crippen MR) is 87.5 cm³/mol. The van der Waals surface area contributed by atoms with Gasteiger partial charge in [-0.3, -0.25) is 4.68 Å². The molecule has 1 atom stereocenters. The molecule has 2 rings (SSSR count). The second-order valence-corrected chi connectivity index (χ2v) is 5.05. The monoisotopic (exact) mass is 299 g/mol. The summed E-state index contributed by atoms with van der Waals surface area (Å²) in [6, 6.07) is 7.32. The van der Waals surface area contributed by atoms with Crippen LogP contribution in [0.25, 0.3) is 11.4 Å². The van der Waals surface area contributed by atoms with E-state index in [1.54, 1.807) is 11.0 Å². The first-order valence-corrected chi connectivity index (χ1v) is 7.27. The lowest BCUT2D eigenvalue weighted by Crippen LogP contribution is -2.37. The zero-order chi connectivity index (χ0) is 15.9. The molecule has 1 aromatic carbocycles. The molecule has 0 saturated carbocycles. The van der Waals surface area contributed by atoms with Crippen LogP contribution < -0.4 is 10.6 Å². The van der Waals surface area contributed by atoms with Crippen molar-refractivity contribution in [2.45, 2.75) is 25.8 Å². The van der Waals surface area contributed by atoms with Crippen molar-refractivity contribution in [2.24, 2.45) is 7.05 Å². The van der Waals surface area contributed by atoms with Crippen LogP contribution >= 0.6 is 0 Å². The fourth-order valence-corrected chi connectivity index (χ4v) is 2.06. The molecule has 22 heavy (non-hydrogen) atoms. The summed E-state index contributed by atoms with van der Waals surface area (Å²) < 4.78 is 1.65. The number of anilines is 1. The van der Waals surface area contributed by atoms with Gasteiger partial charge in [-0.05, 0) is 37.1 Å². The second kappa shape index (κ2) is 7.40. The van der Waals surface area contributed by atoms with Crippen molar-refractivity contribution in [1.29, 1.82) is 0 Å². The maximum atomic E-state index is 11.9. The Bertz CT molecular complexity index is 632. The average molecular weight is 299 g/mol. The van der Waals surface area contributed by atoms with Gasteiger partial charge in [0.1, 0.15) is 6.33 Å². The first-order valence-electron chi connectivity index (χ1n) is 7.27. The van der Waals surface area contributed by atoms with E-state index >= 15 is 0 Å². The number of hydrogen-bond acceptors (Lipinski definition) is 3.